The Hall–Kier alpha value is -1.30. The molecule has 0 amide bonds. The van der Waals surface area contributed by atoms with Crippen molar-refractivity contribution in [3.8, 4) is 11.5 Å². The molecule has 1 atom stereocenters. The first-order valence-corrected chi connectivity index (χ1v) is 7.31. The molecule has 0 bridgehead atoms. The maximum absolute atomic E-state index is 5.39. The third kappa shape index (κ3) is 5.53. The van der Waals surface area contributed by atoms with Gasteiger partial charge in [0.15, 0.2) is 11.5 Å². The van der Waals surface area contributed by atoms with Crippen LogP contribution in [0.15, 0.2) is 18.2 Å². The van der Waals surface area contributed by atoms with E-state index in [2.05, 4.69) is 23.3 Å². The van der Waals surface area contributed by atoms with Crippen LogP contribution in [0, 0.1) is 0 Å². The van der Waals surface area contributed by atoms with Gasteiger partial charge in [-0.15, -0.1) is 0 Å². The van der Waals surface area contributed by atoms with Crippen molar-refractivity contribution >= 4 is 0 Å². The molecule has 5 nitrogen and oxygen atoms in total. The summed E-state index contributed by atoms with van der Waals surface area (Å²) in [5, 5.41) is 3.35. The molecule has 21 heavy (non-hydrogen) atoms. The molecule has 0 spiro atoms. The number of hydrogen-bond acceptors (Lipinski definition) is 5. The number of nitrogens with one attached hydrogen (secondary N) is 1. The summed E-state index contributed by atoms with van der Waals surface area (Å²) in [5.41, 5.74) is 1.18. The summed E-state index contributed by atoms with van der Waals surface area (Å²) < 4.78 is 16.0. The van der Waals surface area contributed by atoms with E-state index in [1.54, 1.807) is 14.2 Å². The highest BCUT2D eigenvalue weighted by Gasteiger charge is 2.14. The van der Waals surface area contributed by atoms with Gasteiger partial charge in [-0.1, -0.05) is 6.07 Å². The molecule has 0 heterocycles. The van der Waals surface area contributed by atoms with E-state index >= 15 is 0 Å². The lowest BCUT2D eigenvalue weighted by Gasteiger charge is -2.24. The molecule has 120 valence electrons. The fourth-order valence-electron chi connectivity index (χ4n) is 2.20. The van der Waals surface area contributed by atoms with E-state index in [0.717, 1.165) is 37.8 Å². The van der Waals surface area contributed by atoms with Crippen molar-refractivity contribution in [2.24, 2.45) is 0 Å². The summed E-state index contributed by atoms with van der Waals surface area (Å²) in [7, 11) is 7.38. The van der Waals surface area contributed by atoms with E-state index in [9.17, 15) is 0 Å². The number of nitrogens with zero attached hydrogens (tertiary/aromatic N) is 1. The van der Waals surface area contributed by atoms with Gasteiger partial charge in [-0.3, -0.25) is 0 Å². The van der Waals surface area contributed by atoms with E-state index in [-0.39, 0.29) is 6.04 Å². The molecular weight excluding hydrogens is 268 g/mol. The maximum Gasteiger partial charge on any atom is 0.161 e. The number of ether oxygens (including phenoxy) is 3. The summed E-state index contributed by atoms with van der Waals surface area (Å²) in [5.74, 6) is 1.51. The Morgan fingerprint density at radius 1 is 1.19 bits per heavy atom. The fourth-order valence-corrected chi connectivity index (χ4v) is 2.20. The zero-order valence-electron chi connectivity index (χ0n) is 13.8. The highest BCUT2D eigenvalue weighted by Crippen LogP contribution is 2.30. The highest BCUT2D eigenvalue weighted by atomic mass is 16.5. The van der Waals surface area contributed by atoms with Gasteiger partial charge in [-0.2, -0.15) is 0 Å². The predicted molar refractivity (Wildman–Crippen MR) is 85.3 cm³/mol. The molecule has 0 aromatic heterocycles. The summed E-state index contributed by atoms with van der Waals surface area (Å²) >= 11 is 0. The number of hydrogen-bond donors (Lipinski definition) is 1. The molecule has 1 aromatic carbocycles. The average Bonchev–Trinajstić information content (AvgIpc) is 2.52. The Morgan fingerprint density at radius 3 is 2.48 bits per heavy atom. The van der Waals surface area contributed by atoms with Crippen molar-refractivity contribution in [2.75, 3.05) is 54.6 Å². The number of benzene rings is 1. The van der Waals surface area contributed by atoms with Crippen LogP contribution >= 0.6 is 0 Å². The first-order chi connectivity index (χ1) is 10.2. The van der Waals surface area contributed by atoms with Gasteiger partial charge in [0.2, 0.25) is 0 Å². The van der Waals surface area contributed by atoms with Crippen LogP contribution in [0.25, 0.3) is 0 Å². The van der Waals surface area contributed by atoms with Gasteiger partial charge >= 0.3 is 0 Å². The quantitative estimate of drug-likeness (QED) is 0.668. The molecule has 1 rings (SSSR count). The van der Waals surface area contributed by atoms with Gasteiger partial charge in [-0.25, -0.2) is 0 Å². The predicted octanol–water partition coefficient (Wildman–Crippen LogP) is 1.93. The van der Waals surface area contributed by atoms with Crippen LogP contribution in [0.2, 0.25) is 0 Å². The van der Waals surface area contributed by atoms with Crippen molar-refractivity contribution in [3.63, 3.8) is 0 Å². The molecule has 1 aromatic rings. The maximum atomic E-state index is 5.39. The van der Waals surface area contributed by atoms with Gasteiger partial charge in [0.25, 0.3) is 0 Å². The molecule has 0 aliphatic carbocycles. The fraction of sp³-hybridized carbons (Fsp3) is 0.625. The Balaban J connectivity index is 2.71. The molecule has 5 heteroatoms. The third-order valence-corrected chi connectivity index (χ3v) is 3.47. The minimum Gasteiger partial charge on any atom is -0.493 e. The first kappa shape index (κ1) is 17.8. The van der Waals surface area contributed by atoms with Crippen molar-refractivity contribution in [1.82, 2.24) is 10.2 Å². The number of methoxy groups -OCH3 is 2. The van der Waals surface area contributed by atoms with E-state index in [1.807, 2.05) is 26.1 Å². The Labute approximate surface area is 128 Å². The second kappa shape index (κ2) is 9.60. The summed E-state index contributed by atoms with van der Waals surface area (Å²) in [6.45, 7) is 5.35. The average molecular weight is 296 g/mol. The van der Waals surface area contributed by atoms with Crippen LogP contribution in [0.3, 0.4) is 0 Å². The van der Waals surface area contributed by atoms with Gasteiger partial charge in [0.05, 0.1) is 20.8 Å². The van der Waals surface area contributed by atoms with Gasteiger partial charge in [0.1, 0.15) is 0 Å². The van der Waals surface area contributed by atoms with Crippen LogP contribution < -0.4 is 14.8 Å². The van der Waals surface area contributed by atoms with E-state index in [0.29, 0.717) is 0 Å². The Bertz CT molecular complexity index is 413. The standard InChI is InChI=1S/C16H28N2O3/c1-6-21-10-9-18(3)12-14(17-2)13-7-8-15(19-4)16(11-13)20-5/h7-8,11,14,17H,6,9-10,12H2,1-5H3. The number of rotatable bonds is 10. The smallest absolute Gasteiger partial charge is 0.161 e. The zero-order valence-corrected chi connectivity index (χ0v) is 13.8. The first-order valence-electron chi connectivity index (χ1n) is 7.31. The van der Waals surface area contributed by atoms with Crippen molar-refractivity contribution in [1.29, 1.82) is 0 Å². The molecule has 0 fully saturated rings. The topological polar surface area (TPSA) is 43.0 Å². The molecule has 0 saturated heterocycles. The molecule has 1 unspecified atom stereocenters. The van der Waals surface area contributed by atoms with E-state index < -0.39 is 0 Å². The van der Waals surface area contributed by atoms with Gasteiger partial charge in [-0.05, 0) is 38.7 Å². The van der Waals surface area contributed by atoms with Gasteiger partial charge < -0.3 is 24.4 Å². The molecule has 0 radical (unpaired) electrons. The van der Waals surface area contributed by atoms with E-state index in [1.165, 1.54) is 5.56 Å². The normalized spacial score (nSPS) is 12.5. The summed E-state index contributed by atoms with van der Waals surface area (Å²) in [6, 6.07) is 6.27. The monoisotopic (exact) mass is 296 g/mol. The summed E-state index contributed by atoms with van der Waals surface area (Å²) in [4.78, 5) is 2.26. The lowest BCUT2D eigenvalue weighted by atomic mass is 10.1. The Kier molecular flexibility index (Phi) is 8.12. The van der Waals surface area contributed by atoms with Crippen LogP contribution in [0.1, 0.15) is 18.5 Å². The van der Waals surface area contributed by atoms with Crippen LogP contribution in [-0.2, 0) is 4.74 Å². The second-order valence-corrected chi connectivity index (χ2v) is 4.91. The number of likely N-dealkylation sites (N-methyl/N-ethyl adjacent to an activating group) is 2. The van der Waals surface area contributed by atoms with Crippen LogP contribution in [-0.4, -0.2) is 59.5 Å². The lowest BCUT2D eigenvalue weighted by Crippen LogP contribution is -2.33. The minimum absolute atomic E-state index is 0.233. The minimum atomic E-state index is 0.233. The Morgan fingerprint density at radius 2 is 1.90 bits per heavy atom. The van der Waals surface area contributed by atoms with Gasteiger partial charge in [0, 0.05) is 25.7 Å². The molecule has 0 saturated carbocycles. The van der Waals surface area contributed by atoms with Crippen molar-refractivity contribution in [3.05, 3.63) is 23.8 Å². The van der Waals surface area contributed by atoms with Crippen LogP contribution in [0.4, 0.5) is 0 Å². The van der Waals surface area contributed by atoms with E-state index in [4.69, 9.17) is 14.2 Å². The largest absolute Gasteiger partial charge is 0.493 e. The molecule has 0 aliphatic heterocycles. The second-order valence-electron chi connectivity index (χ2n) is 4.91. The molecular formula is C16H28N2O3. The highest BCUT2D eigenvalue weighted by molar-refractivity contribution is 5.43. The van der Waals surface area contributed by atoms with Crippen molar-refractivity contribution < 1.29 is 14.2 Å². The lowest BCUT2D eigenvalue weighted by molar-refractivity contribution is 0.119. The molecule has 1 N–H and O–H groups in total. The zero-order chi connectivity index (χ0) is 15.7. The van der Waals surface area contributed by atoms with Crippen molar-refractivity contribution in [2.45, 2.75) is 13.0 Å². The molecule has 0 aliphatic rings. The SMILES string of the molecule is CCOCCN(C)CC(NC)c1ccc(OC)c(OC)c1. The summed E-state index contributed by atoms with van der Waals surface area (Å²) in [6.07, 6.45) is 0. The van der Waals surface area contributed by atoms with Crippen LogP contribution in [0.5, 0.6) is 11.5 Å². The third-order valence-electron chi connectivity index (χ3n) is 3.47.